The Morgan fingerprint density at radius 3 is 2.42 bits per heavy atom. The molecule has 0 radical (unpaired) electrons. The molecule has 0 atom stereocenters. The number of rotatable bonds is 8. The number of amides is 1. The van der Waals surface area contributed by atoms with Crippen molar-refractivity contribution in [3.8, 4) is 0 Å². The molecule has 26 heavy (non-hydrogen) atoms. The molecule has 0 aliphatic rings. The third-order valence-electron chi connectivity index (χ3n) is 4.07. The van der Waals surface area contributed by atoms with Gasteiger partial charge in [0.15, 0.2) is 0 Å². The van der Waals surface area contributed by atoms with E-state index in [4.69, 9.17) is 11.6 Å². The molecule has 0 aromatic heterocycles. The first-order valence-corrected chi connectivity index (χ1v) is 10.2. The van der Waals surface area contributed by atoms with Crippen LogP contribution in [0.1, 0.15) is 18.1 Å². The number of nitrogens with zero attached hydrogens (tertiary/aromatic N) is 1. The van der Waals surface area contributed by atoms with Crippen molar-refractivity contribution in [3.05, 3.63) is 64.7 Å². The second kappa shape index (κ2) is 9.16. The lowest BCUT2D eigenvalue weighted by molar-refractivity contribution is -0.128. The van der Waals surface area contributed by atoms with Gasteiger partial charge in [0.05, 0.1) is 4.90 Å². The number of halogens is 1. The summed E-state index contributed by atoms with van der Waals surface area (Å²) in [6.07, 6.45) is 0.726. The van der Waals surface area contributed by atoms with Gasteiger partial charge in [0.1, 0.15) is 0 Å². The van der Waals surface area contributed by atoms with Gasteiger partial charge in [-0.15, -0.1) is 0 Å². The van der Waals surface area contributed by atoms with E-state index in [0.29, 0.717) is 23.7 Å². The summed E-state index contributed by atoms with van der Waals surface area (Å²) in [5.41, 5.74) is 1.83. The van der Waals surface area contributed by atoms with Crippen molar-refractivity contribution in [1.82, 2.24) is 9.62 Å². The van der Waals surface area contributed by atoms with Gasteiger partial charge in [0.25, 0.3) is 0 Å². The fourth-order valence-corrected chi connectivity index (χ4v) is 3.74. The van der Waals surface area contributed by atoms with E-state index < -0.39 is 10.0 Å². The Kier molecular flexibility index (Phi) is 7.20. The molecule has 2 rings (SSSR count). The molecule has 0 heterocycles. The Labute approximate surface area is 160 Å². The minimum absolute atomic E-state index is 0.0810. The van der Waals surface area contributed by atoms with Crippen LogP contribution in [0.3, 0.4) is 0 Å². The fraction of sp³-hybridized carbons (Fsp3) is 0.316. The predicted octanol–water partition coefficient (Wildman–Crippen LogP) is 3.02. The predicted molar refractivity (Wildman–Crippen MR) is 104 cm³/mol. The molecule has 140 valence electrons. The average molecular weight is 395 g/mol. The maximum Gasteiger partial charge on any atom is 0.240 e. The summed E-state index contributed by atoms with van der Waals surface area (Å²) in [4.78, 5) is 13.6. The first-order chi connectivity index (χ1) is 12.3. The van der Waals surface area contributed by atoms with Crippen LogP contribution in [0.2, 0.25) is 5.02 Å². The van der Waals surface area contributed by atoms with Crippen LogP contribution in [0, 0.1) is 6.92 Å². The first kappa shape index (κ1) is 20.4. The summed E-state index contributed by atoms with van der Waals surface area (Å²) in [5, 5.41) is 0.521. The second-order valence-electron chi connectivity index (χ2n) is 6.05. The molecular weight excluding hydrogens is 372 g/mol. The smallest absolute Gasteiger partial charge is 0.240 e. The average Bonchev–Trinajstić information content (AvgIpc) is 2.60. The molecule has 0 unspecified atom stereocenters. The lowest BCUT2D eigenvalue weighted by Gasteiger charge is -2.21. The van der Waals surface area contributed by atoms with Gasteiger partial charge >= 0.3 is 0 Å². The van der Waals surface area contributed by atoms with E-state index in [1.807, 2.05) is 30.3 Å². The zero-order valence-electron chi connectivity index (χ0n) is 14.9. The van der Waals surface area contributed by atoms with Crippen molar-refractivity contribution in [3.63, 3.8) is 0 Å². The Bertz CT molecular complexity index is 854. The van der Waals surface area contributed by atoms with Gasteiger partial charge in [0.2, 0.25) is 15.9 Å². The van der Waals surface area contributed by atoms with Gasteiger partial charge in [-0.3, -0.25) is 4.79 Å². The molecule has 1 N–H and O–H groups in total. The van der Waals surface area contributed by atoms with Crippen LogP contribution in [-0.4, -0.2) is 38.9 Å². The zero-order valence-corrected chi connectivity index (χ0v) is 16.5. The maximum absolute atomic E-state index is 12.4. The van der Waals surface area contributed by atoms with E-state index in [2.05, 4.69) is 4.72 Å². The summed E-state index contributed by atoms with van der Waals surface area (Å²) >= 11 is 5.94. The van der Waals surface area contributed by atoms with Crippen LogP contribution in [0.25, 0.3) is 0 Å². The van der Waals surface area contributed by atoms with Gasteiger partial charge in [-0.2, -0.15) is 0 Å². The molecule has 0 aliphatic heterocycles. The minimum atomic E-state index is -3.63. The fourth-order valence-electron chi connectivity index (χ4n) is 2.52. The molecule has 1 amide bonds. The van der Waals surface area contributed by atoms with Crippen LogP contribution in [0.5, 0.6) is 0 Å². The highest BCUT2D eigenvalue weighted by Crippen LogP contribution is 2.19. The number of nitrogens with one attached hydrogen (secondary N) is 1. The van der Waals surface area contributed by atoms with Crippen LogP contribution in [-0.2, 0) is 21.2 Å². The van der Waals surface area contributed by atoms with Crippen molar-refractivity contribution < 1.29 is 13.2 Å². The highest BCUT2D eigenvalue weighted by atomic mass is 35.5. The normalized spacial score (nSPS) is 11.3. The third-order valence-corrected chi connectivity index (χ3v) is 5.95. The van der Waals surface area contributed by atoms with Gasteiger partial charge in [-0.1, -0.05) is 41.9 Å². The number of sulfonamides is 1. The highest BCUT2D eigenvalue weighted by molar-refractivity contribution is 7.89. The topological polar surface area (TPSA) is 66.5 Å². The number of benzene rings is 2. The number of hydrogen-bond acceptors (Lipinski definition) is 3. The van der Waals surface area contributed by atoms with E-state index >= 15 is 0 Å². The molecule has 0 fully saturated rings. The Morgan fingerprint density at radius 2 is 1.81 bits per heavy atom. The standard InChI is InChI=1S/C19H23ClN2O3S/c1-15-14-18(8-9-19(15)20)26(24,25)21-11-13-22(16(2)23)12-10-17-6-4-3-5-7-17/h3-9,14,21H,10-13H2,1-2H3. The van der Waals surface area contributed by atoms with Crippen molar-refractivity contribution in [2.75, 3.05) is 19.6 Å². The van der Waals surface area contributed by atoms with E-state index in [9.17, 15) is 13.2 Å². The summed E-state index contributed by atoms with van der Waals surface area (Å²) in [5.74, 6) is -0.0810. The molecule has 0 spiro atoms. The van der Waals surface area contributed by atoms with Gasteiger partial charge < -0.3 is 4.90 Å². The monoisotopic (exact) mass is 394 g/mol. The number of aryl methyl sites for hydroxylation is 1. The van der Waals surface area contributed by atoms with Crippen molar-refractivity contribution in [2.45, 2.75) is 25.2 Å². The van der Waals surface area contributed by atoms with E-state index in [1.165, 1.54) is 19.1 Å². The molecule has 0 saturated carbocycles. The molecule has 2 aromatic rings. The molecule has 7 heteroatoms. The molecular formula is C19H23ClN2O3S. The molecule has 2 aromatic carbocycles. The van der Waals surface area contributed by atoms with Crippen LogP contribution in [0.15, 0.2) is 53.4 Å². The van der Waals surface area contributed by atoms with Gasteiger partial charge in [-0.05, 0) is 42.7 Å². The Balaban J connectivity index is 1.92. The summed E-state index contributed by atoms with van der Waals surface area (Å²) in [6.45, 7) is 4.25. The molecule has 0 bridgehead atoms. The largest absolute Gasteiger partial charge is 0.341 e. The highest BCUT2D eigenvalue weighted by Gasteiger charge is 2.16. The zero-order chi connectivity index (χ0) is 19.2. The SMILES string of the molecule is CC(=O)N(CCNS(=O)(=O)c1ccc(Cl)c(C)c1)CCc1ccccc1. The van der Waals surface area contributed by atoms with Crippen molar-refractivity contribution in [2.24, 2.45) is 0 Å². The van der Waals surface area contributed by atoms with Crippen molar-refractivity contribution >= 4 is 27.5 Å². The van der Waals surface area contributed by atoms with E-state index in [0.717, 1.165) is 12.0 Å². The second-order valence-corrected chi connectivity index (χ2v) is 8.22. The third kappa shape index (κ3) is 5.83. The van der Waals surface area contributed by atoms with Gasteiger partial charge in [-0.25, -0.2) is 13.1 Å². The van der Waals surface area contributed by atoms with Crippen LogP contribution >= 0.6 is 11.6 Å². The van der Waals surface area contributed by atoms with E-state index in [-0.39, 0.29) is 17.3 Å². The lowest BCUT2D eigenvalue weighted by atomic mass is 10.1. The summed E-state index contributed by atoms with van der Waals surface area (Å²) in [6, 6.07) is 14.4. The molecule has 0 saturated heterocycles. The first-order valence-electron chi connectivity index (χ1n) is 8.35. The van der Waals surface area contributed by atoms with Gasteiger partial charge in [0, 0.05) is 31.6 Å². The summed E-state index contributed by atoms with van der Waals surface area (Å²) < 4.78 is 27.3. The summed E-state index contributed by atoms with van der Waals surface area (Å²) in [7, 11) is -3.63. The quantitative estimate of drug-likeness (QED) is 0.748. The number of carbonyl (C=O) groups excluding carboxylic acids is 1. The number of carbonyl (C=O) groups is 1. The number of hydrogen-bond donors (Lipinski definition) is 1. The molecule has 0 aliphatic carbocycles. The van der Waals surface area contributed by atoms with Crippen LogP contribution < -0.4 is 4.72 Å². The van der Waals surface area contributed by atoms with Crippen molar-refractivity contribution in [1.29, 1.82) is 0 Å². The van der Waals surface area contributed by atoms with E-state index in [1.54, 1.807) is 17.9 Å². The maximum atomic E-state index is 12.4. The van der Waals surface area contributed by atoms with Crippen LogP contribution in [0.4, 0.5) is 0 Å². The lowest BCUT2D eigenvalue weighted by Crippen LogP contribution is -2.38. The minimum Gasteiger partial charge on any atom is -0.341 e. The Hall–Kier alpha value is -1.89. The molecule has 5 nitrogen and oxygen atoms in total. The Morgan fingerprint density at radius 1 is 1.12 bits per heavy atom.